The fourth-order valence-corrected chi connectivity index (χ4v) is 3.05. The van der Waals surface area contributed by atoms with Crippen molar-refractivity contribution in [3.8, 4) is 5.75 Å². The van der Waals surface area contributed by atoms with E-state index in [0.717, 1.165) is 29.8 Å². The van der Waals surface area contributed by atoms with E-state index < -0.39 is 0 Å². The van der Waals surface area contributed by atoms with Gasteiger partial charge in [-0.25, -0.2) is 0 Å². The van der Waals surface area contributed by atoms with Crippen LogP contribution in [0.2, 0.25) is 0 Å². The van der Waals surface area contributed by atoms with Crippen molar-refractivity contribution in [3.05, 3.63) is 59.2 Å². The maximum atomic E-state index is 12.7. The molecule has 0 bridgehead atoms. The normalized spacial score (nSPS) is 18.9. The van der Waals surface area contributed by atoms with Gasteiger partial charge in [-0.2, -0.15) is 0 Å². The molecule has 1 unspecified atom stereocenters. The molecule has 2 aliphatic rings. The molecule has 0 radical (unpaired) electrons. The first kappa shape index (κ1) is 11.5. The SMILES string of the molecule is O=C(c1cccc2c1OCC2)C1Cc2ccccc2N1. The van der Waals surface area contributed by atoms with Crippen LogP contribution in [0.25, 0.3) is 0 Å². The number of para-hydroxylation sites is 2. The van der Waals surface area contributed by atoms with Crippen molar-refractivity contribution < 1.29 is 9.53 Å². The smallest absolute Gasteiger partial charge is 0.189 e. The zero-order chi connectivity index (χ0) is 13.5. The van der Waals surface area contributed by atoms with Crippen molar-refractivity contribution in [3.63, 3.8) is 0 Å². The van der Waals surface area contributed by atoms with Crippen molar-refractivity contribution in [1.82, 2.24) is 0 Å². The van der Waals surface area contributed by atoms with Gasteiger partial charge in [-0.3, -0.25) is 4.79 Å². The number of hydrogen-bond acceptors (Lipinski definition) is 3. The average Bonchev–Trinajstić information content (AvgIpc) is 3.12. The van der Waals surface area contributed by atoms with Crippen molar-refractivity contribution in [2.45, 2.75) is 18.9 Å². The summed E-state index contributed by atoms with van der Waals surface area (Å²) in [5.74, 6) is 0.912. The number of fused-ring (bicyclic) bond motifs is 2. The van der Waals surface area contributed by atoms with Crippen molar-refractivity contribution in [2.75, 3.05) is 11.9 Å². The highest BCUT2D eigenvalue weighted by Gasteiger charge is 2.30. The maximum Gasteiger partial charge on any atom is 0.189 e. The van der Waals surface area contributed by atoms with Gasteiger partial charge in [0, 0.05) is 18.5 Å². The first-order chi connectivity index (χ1) is 9.83. The Bertz CT molecular complexity index is 668. The minimum absolute atomic E-state index is 0.125. The van der Waals surface area contributed by atoms with E-state index in [1.807, 2.05) is 36.4 Å². The number of Topliss-reactive ketones (excluding diaryl/α,β-unsaturated/α-hetero) is 1. The van der Waals surface area contributed by atoms with Crippen LogP contribution in [0.5, 0.6) is 5.75 Å². The Hall–Kier alpha value is -2.29. The monoisotopic (exact) mass is 265 g/mol. The number of hydrogen-bond donors (Lipinski definition) is 1. The molecule has 3 nitrogen and oxygen atoms in total. The predicted octanol–water partition coefficient (Wildman–Crippen LogP) is 2.84. The number of benzene rings is 2. The molecular weight excluding hydrogens is 250 g/mol. The lowest BCUT2D eigenvalue weighted by Gasteiger charge is -2.12. The van der Waals surface area contributed by atoms with Crippen LogP contribution in [0.15, 0.2) is 42.5 Å². The summed E-state index contributed by atoms with van der Waals surface area (Å²) in [6.45, 7) is 0.679. The third-order valence-electron chi connectivity index (χ3n) is 4.07. The Labute approximate surface area is 117 Å². The van der Waals surface area contributed by atoms with Gasteiger partial charge in [0.15, 0.2) is 5.78 Å². The largest absolute Gasteiger partial charge is 0.492 e. The van der Waals surface area contributed by atoms with Gasteiger partial charge in [-0.1, -0.05) is 30.3 Å². The second kappa shape index (κ2) is 4.37. The van der Waals surface area contributed by atoms with E-state index in [4.69, 9.17) is 4.74 Å². The number of ketones is 1. The van der Waals surface area contributed by atoms with E-state index >= 15 is 0 Å². The van der Waals surface area contributed by atoms with Crippen LogP contribution in [0.3, 0.4) is 0 Å². The van der Waals surface area contributed by atoms with Gasteiger partial charge in [0.1, 0.15) is 5.75 Å². The second-order valence-corrected chi connectivity index (χ2v) is 5.31. The van der Waals surface area contributed by atoms with Crippen LogP contribution < -0.4 is 10.1 Å². The lowest BCUT2D eigenvalue weighted by atomic mass is 9.98. The lowest BCUT2D eigenvalue weighted by Crippen LogP contribution is -2.27. The third kappa shape index (κ3) is 1.70. The van der Waals surface area contributed by atoms with E-state index in [0.29, 0.717) is 12.2 Å². The molecule has 0 fully saturated rings. The third-order valence-corrected chi connectivity index (χ3v) is 4.07. The molecule has 0 spiro atoms. The summed E-state index contributed by atoms with van der Waals surface area (Å²) in [6.07, 6.45) is 1.65. The summed E-state index contributed by atoms with van der Waals surface area (Å²) in [4.78, 5) is 12.7. The first-order valence-electron chi connectivity index (χ1n) is 6.96. The van der Waals surface area contributed by atoms with Crippen molar-refractivity contribution >= 4 is 11.5 Å². The molecule has 3 heteroatoms. The number of nitrogens with one attached hydrogen (secondary N) is 1. The van der Waals surface area contributed by atoms with Crippen molar-refractivity contribution in [1.29, 1.82) is 0 Å². The summed E-state index contributed by atoms with van der Waals surface area (Å²) in [6, 6.07) is 13.8. The van der Waals surface area contributed by atoms with Crippen molar-refractivity contribution in [2.24, 2.45) is 0 Å². The highest BCUT2D eigenvalue weighted by molar-refractivity contribution is 6.05. The predicted molar refractivity (Wildman–Crippen MR) is 77.5 cm³/mol. The molecule has 0 aliphatic carbocycles. The van der Waals surface area contributed by atoms with Gasteiger partial charge in [0.25, 0.3) is 0 Å². The first-order valence-corrected chi connectivity index (χ1v) is 6.96. The Balaban J connectivity index is 1.66. The zero-order valence-electron chi connectivity index (χ0n) is 11.1. The fourth-order valence-electron chi connectivity index (χ4n) is 3.05. The van der Waals surface area contributed by atoms with Gasteiger partial charge in [0.2, 0.25) is 0 Å². The standard InChI is InChI=1S/C17H15NO2/c19-16(13-6-3-5-11-8-9-20-17(11)13)15-10-12-4-1-2-7-14(12)18-15/h1-7,15,18H,8-10H2. The summed E-state index contributed by atoms with van der Waals surface area (Å²) < 4.78 is 5.64. The van der Waals surface area contributed by atoms with Crippen LogP contribution in [0.1, 0.15) is 21.5 Å². The topological polar surface area (TPSA) is 38.3 Å². The van der Waals surface area contributed by atoms with E-state index in [9.17, 15) is 4.79 Å². The highest BCUT2D eigenvalue weighted by atomic mass is 16.5. The summed E-state index contributed by atoms with van der Waals surface area (Å²) in [7, 11) is 0. The zero-order valence-corrected chi connectivity index (χ0v) is 11.1. The van der Waals surface area contributed by atoms with Gasteiger partial charge >= 0.3 is 0 Å². The number of ether oxygens (including phenoxy) is 1. The molecule has 0 saturated carbocycles. The Morgan fingerprint density at radius 2 is 1.95 bits per heavy atom. The minimum atomic E-state index is -0.178. The maximum absolute atomic E-state index is 12.7. The molecule has 20 heavy (non-hydrogen) atoms. The Morgan fingerprint density at radius 1 is 1.10 bits per heavy atom. The summed E-state index contributed by atoms with van der Waals surface area (Å²) in [5.41, 5.74) is 4.13. The average molecular weight is 265 g/mol. The molecule has 0 aromatic heterocycles. The molecule has 100 valence electrons. The molecule has 2 aromatic carbocycles. The molecule has 1 atom stereocenters. The number of carbonyl (C=O) groups is 1. The van der Waals surface area contributed by atoms with E-state index in [-0.39, 0.29) is 11.8 Å². The lowest BCUT2D eigenvalue weighted by molar-refractivity contribution is 0.0968. The molecule has 2 heterocycles. The van der Waals surface area contributed by atoms with Crippen LogP contribution in [0.4, 0.5) is 5.69 Å². The molecule has 2 aromatic rings. The molecule has 4 rings (SSSR count). The van der Waals surface area contributed by atoms with Gasteiger partial charge in [0.05, 0.1) is 18.2 Å². The van der Waals surface area contributed by atoms with Gasteiger partial charge in [-0.05, 0) is 23.3 Å². The van der Waals surface area contributed by atoms with Crippen LogP contribution in [-0.4, -0.2) is 18.4 Å². The summed E-state index contributed by atoms with van der Waals surface area (Å²) >= 11 is 0. The second-order valence-electron chi connectivity index (χ2n) is 5.31. The highest BCUT2D eigenvalue weighted by Crippen LogP contribution is 2.33. The van der Waals surface area contributed by atoms with Crippen LogP contribution >= 0.6 is 0 Å². The molecular formula is C17H15NO2. The Morgan fingerprint density at radius 3 is 2.85 bits per heavy atom. The van der Waals surface area contributed by atoms with Gasteiger partial charge in [-0.15, -0.1) is 0 Å². The quantitative estimate of drug-likeness (QED) is 0.849. The minimum Gasteiger partial charge on any atom is -0.492 e. The number of anilines is 1. The molecule has 2 aliphatic heterocycles. The van der Waals surface area contributed by atoms with Gasteiger partial charge < -0.3 is 10.1 Å². The molecule has 0 saturated heterocycles. The van der Waals surface area contributed by atoms with E-state index in [1.54, 1.807) is 0 Å². The van der Waals surface area contributed by atoms with Crippen LogP contribution in [0, 0.1) is 0 Å². The number of carbonyl (C=O) groups excluding carboxylic acids is 1. The molecule has 0 amide bonds. The number of rotatable bonds is 2. The van der Waals surface area contributed by atoms with E-state index in [2.05, 4.69) is 11.4 Å². The Kier molecular flexibility index (Phi) is 2.52. The molecule has 1 N–H and O–H groups in total. The van der Waals surface area contributed by atoms with E-state index in [1.165, 1.54) is 5.56 Å². The summed E-state index contributed by atoms with van der Waals surface area (Å²) in [5, 5.41) is 3.32. The van der Waals surface area contributed by atoms with Crippen LogP contribution in [-0.2, 0) is 12.8 Å². The fraction of sp³-hybridized carbons (Fsp3) is 0.235.